The Labute approximate surface area is 217 Å². The number of benzene rings is 1. The molecule has 1 saturated heterocycles. The van der Waals surface area contributed by atoms with E-state index in [4.69, 9.17) is 28.1 Å². The van der Waals surface area contributed by atoms with Gasteiger partial charge in [0.1, 0.15) is 5.84 Å². The lowest BCUT2D eigenvalue weighted by molar-refractivity contribution is -0.132. The number of halogens is 1. The molecule has 0 saturated carbocycles. The van der Waals surface area contributed by atoms with Crippen LogP contribution in [0.4, 0.5) is 11.6 Å². The van der Waals surface area contributed by atoms with Crippen LogP contribution >= 0.6 is 22.9 Å². The molecular formula is C24H27ClN8O2S. The second-order valence-electron chi connectivity index (χ2n) is 9.18. The Bertz CT molecular complexity index is 1320. The van der Waals surface area contributed by atoms with Crippen LogP contribution < -0.4 is 16.8 Å². The van der Waals surface area contributed by atoms with Crippen LogP contribution in [0.3, 0.4) is 0 Å². The molecule has 0 atom stereocenters. The molecule has 10 nitrogen and oxygen atoms in total. The minimum absolute atomic E-state index is 0.0269. The molecule has 2 aromatic heterocycles. The van der Waals surface area contributed by atoms with Gasteiger partial charge in [-0.1, -0.05) is 23.7 Å². The van der Waals surface area contributed by atoms with Crippen molar-refractivity contribution in [2.75, 3.05) is 24.6 Å². The van der Waals surface area contributed by atoms with Crippen LogP contribution in [0.5, 0.6) is 0 Å². The van der Waals surface area contributed by atoms with E-state index in [1.165, 1.54) is 4.70 Å². The first kappa shape index (κ1) is 24.4. The number of para-hydroxylation sites is 1. The third-order valence-electron chi connectivity index (χ3n) is 6.74. The van der Waals surface area contributed by atoms with E-state index in [1.54, 1.807) is 11.3 Å². The maximum absolute atomic E-state index is 12.8. The molecule has 5 rings (SSSR count). The molecule has 4 heterocycles. The van der Waals surface area contributed by atoms with Crippen LogP contribution in [0, 0.1) is 0 Å². The fraction of sp³-hybridized carbons (Fsp3) is 0.417. The number of fused-ring (bicyclic) bond motifs is 1. The number of hydrogen-bond donors (Lipinski definition) is 3. The van der Waals surface area contributed by atoms with Gasteiger partial charge in [-0.05, 0) is 44.2 Å². The quantitative estimate of drug-likeness (QED) is 0.461. The van der Waals surface area contributed by atoms with Gasteiger partial charge in [0, 0.05) is 25.9 Å². The average Bonchev–Trinajstić information content (AvgIpc) is 3.45. The first-order valence-corrected chi connectivity index (χ1v) is 13.1. The van der Waals surface area contributed by atoms with Crippen LogP contribution in [0.1, 0.15) is 54.0 Å². The van der Waals surface area contributed by atoms with E-state index in [0.717, 1.165) is 42.6 Å². The van der Waals surface area contributed by atoms with Crippen LogP contribution in [0.15, 0.2) is 29.3 Å². The number of carbonyl (C=O) groups is 2. The number of nitrogen functional groups attached to an aromatic ring is 2. The van der Waals surface area contributed by atoms with Crippen LogP contribution in [-0.2, 0) is 11.2 Å². The van der Waals surface area contributed by atoms with E-state index in [-0.39, 0.29) is 33.9 Å². The van der Waals surface area contributed by atoms with Crippen LogP contribution in [0.2, 0.25) is 5.15 Å². The van der Waals surface area contributed by atoms with Crippen molar-refractivity contribution in [3.8, 4) is 0 Å². The number of aryl methyl sites for hydroxylation is 1. The second-order valence-corrected chi connectivity index (χ2v) is 10.7. The minimum Gasteiger partial charge on any atom is -0.382 e. The molecule has 0 bridgehead atoms. The molecule has 1 aromatic carbocycles. The Morgan fingerprint density at radius 1 is 1.08 bits per heavy atom. The number of amidine groups is 1. The molecule has 188 valence electrons. The third-order valence-corrected chi connectivity index (χ3v) is 8.12. The minimum atomic E-state index is -0.515. The molecule has 36 heavy (non-hydrogen) atoms. The number of piperidine rings is 1. The highest BCUT2D eigenvalue weighted by Gasteiger charge is 2.39. The van der Waals surface area contributed by atoms with E-state index in [9.17, 15) is 9.59 Å². The van der Waals surface area contributed by atoms with Crippen molar-refractivity contribution in [3.63, 3.8) is 0 Å². The van der Waals surface area contributed by atoms with Crippen LogP contribution in [-0.4, -0.2) is 56.1 Å². The van der Waals surface area contributed by atoms with Crippen LogP contribution in [0.25, 0.3) is 10.2 Å². The van der Waals surface area contributed by atoms with E-state index in [0.29, 0.717) is 31.8 Å². The predicted octanol–water partition coefficient (Wildman–Crippen LogP) is 3.21. The molecule has 3 aromatic rings. The Morgan fingerprint density at radius 2 is 1.86 bits per heavy atom. The maximum atomic E-state index is 12.8. The zero-order valence-electron chi connectivity index (χ0n) is 19.7. The van der Waals surface area contributed by atoms with Crippen molar-refractivity contribution in [2.45, 2.75) is 50.5 Å². The van der Waals surface area contributed by atoms with Gasteiger partial charge in [-0.3, -0.25) is 14.6 Å². The lowest BCUT2D eigenvalue weighted by Gasteiger charge is -2.37. The summed E-state index contributed by atoms with van der Waals surface area (Å²) >= 11 is 7.58. The van der Waals surface area contributed by atoms with Gasteiger partial charge in [-0.25, -0.2) is 15.0 Å². The molecule has 2 aliphatic rings. The number of nitrogens with zero attached hydrogens (tertiary/aromatic N) is 5. The number of amides is 2. The van der Waals surface area contributed by atoms with Gasteiger partial charge in [-0.15, -0.1) is 11.3 Å². The van der Waals surface area contributed by atoms with Crippen molar-refractivity contribution in [1.82, 2.24) is 25.2 Å². The van der Waals surface area contributed by atoms with E-state index >= 15 is 0 Å². The number of aromatic nitrogens is 3. The number of nitrogens with two attached hydrogens (primary N) is 2. The van der Waals surface area contributed by atoms with Gasteiger partial charge in [0.15, 0.2) is 22.5 Å². The zero-order chi connectivity index (χ0) is 25.3. The number of anilines is 2. The largest absolute Gasteiger partial charge is 0.382 e. The smallest absolute Gasteiger partial charge is 0.279 e. The Hall–Kier alpha value is -3.31. The molecule has 2 aliphatic heterocycles. The lowest BCUT2D eigenvalue weighted by atomic mass is 9.86. The number of rotatable bonds is 5. The molecule has 1 fully saturated rings. The standard InChI is InChI=1S/C24H27ClN8O2S/c25-20-22(27)31-21(26)19(30-20)23(35)29-16-8-9-24(32-16)10-12-33(13-11-24)18(34)7-3-6-17-28-14-4-1-2-5-15(14)36-17/h1-2,4-5H,3,6-13H2,(H4,26,27,31)(H,29,32,35). The van der Waals surface area contributed by atoms with E-state index in [1.807, 2.05) is 23.1 Å². The molecule has 0 unspecified atom stereocenters. The Balaban J connectivity index is 1.11. The fourth-order valence-corrected chi connectivity index (χ4v) is 5.88. The number of likely N-dealkylation sites (tertiary alicyclic amines) is 1. The van der Waals surface area contributed by atoms with Crippen molar-refractivity contribution >= 4 is 62.4 Å². The van der Waals surface area contributed by atoms with Crippen molar-refractivity contribution in [3.05, 3.63) is 40.1 Å². The number of nitrogens with one attached hydrogen (secondary N) is 1. The van der Waals surface area contributed by atoms with Gasteiger partial charge in [0.25, 0.3) is 5.91 Å². The first-order valence-electron chi connectivity index (χ1n) is 11.9. The monoisotopic (exact) mass is 526 g/mol. The fourth-order valence-electron chi connectivity index (χ4n) is 4.75. The van der Waals surface area contributed by atoms with E-state index in [2.05, 4.69) is 26.3 Å². The number of carbonyl (C=O) groups excluding carboxylic acids is 2. The summed E-state index contributed by atoms with van der Waals surface area (Å²) in [6.45, 7) is 1.33. The summed E-state index contributed by atoms with van der Waals surface area (Å²) in [5.74, 6) is 0.137. The molecule has 2 amide bonds. The average molecular weight is 527 g/mol. The topological polar surface area (TPSA) is 152 Å². The summed E-state index contributed by atoms with van der Waals surface area (Å²) < 4.78 is 1.18. The van der Waals surface area contributed by atoms with E-state index < -0.39 is 5.91 Å². The van der Waals surface area contributed by atoms with Gasteiger partial charge < -0.3 is 21.7 Å². The lowest BCUT2D eigenvalue weighted by Crippen LogP contribution is -2.45. The normalized spacial score (nSPS) is 16.9. The Morgan fingerprint density at radius 3 is 2.64 bits per heavy atom. The summed E-state index contributed by atoms with van der Waals surface area (Å²) in [5.41, 5.74) is 12.0. The molecule has 5 N–H and O–H groups in total. The highest BCUT2D eigenvalue weighted by Crippen LogP contribution is 2.36. The summed E-state index contributed by atoms with van der Waals surface area (Å²) in [6, 6.07) is 8.10. The van der Waals surface area contributed by atoms with Gasteiger partial charge in [0.05, 0.1) is 20.8 Å². The summed E-state index contributed by atoms with van der Waals surface area (Å²) in [4.78, 5) is 44.6. The molecule has 12 heteroatoms. The highest BCUT2D eigenvalue weighted by atomic mass is 35.5. The molecule has 0 radical (unpaired) electrons. The first-order chi connectivity index (χ1) is 17.3. The molecular weight excluding hydrogens is 500 g/mol. The molecule has 0 aliphatic carbocycles. The number of aliphatic imine (C=N–C) groups is 1. The van der Waals surface area contributed by atoms with Gasteiger partial charge in [0.2, 0.25) is 5.91 Å². The summed E-state index contributed by atoms with van der Waals surface area (Å²) in [6.07, 6.45) is 5.11. The van der Waals surface area contributed by atoms with Gasteiger partial charge in [-0.2, -0.15) is 0 Å². The molecule has 1 spiro atoms. The summed E-state index contributed by atoms with van der Waals surface area (Å²) in [7, 11) is 0. The van der Waals surface area contributed by atoms with Gasteiger partial charge >= 0.3 is 0 Å². The second kappa shape index (κ2) is 9.98. The zero-order valence-corrected chi connectivity index (χ0v) is 21.2. The number of hydrogen-bond acceptors (Lipinski definition) is 9. The van der Waals surface area contributed by atoms with Crippen molar-refractivity contribution < 1.29 is 9.59 Å². The predicted molar refractivity (Wildman–Crippen MR) is 141 cm³/mol. The summed E-state index contributed by atoms with van der Waals surface area (Å²) in [5, 5.41) is 3.79. The van der Waals surface area contributed by atoms with Crippen molar-refractivity contribution in [1.29, 1.82) is 0 Å². The number of thiazole rings is 1. The highest BCUT2D eigenvalue weighted by molar-refractivity contribution is 7.18. The van der Waals surface area contributed by atoms with Crippen molar-refractivity contribution in [2.24, 2.45) is 4.99 Å². The maximum Gasteiger partial charge on any atom is 0.279 e. The Kier molecular flexibility index (Phi) is 6.76. The SMILES string of the molecule is Nc1nc(N)c(C(=O)NC2=NC3(CC2)CCN(C(=O)CCCc2nc4ccccc4s2)CC3)nc1Cl. The third kappa shape index (κ3) is 5.12.